The number of carbonyl (C=O) groups excluding carboxylic acids is 1. The monoisotopic (exact) mass is 232 g/mol. The largest absolute Gasteiger partial charge is 0.454 e. The lowest BCUT2D eigenvalue weighted by Gasteiger charge is -2.14. The molecule has 2 atom stereocenters. The number of allylic oxidation sites excluding steroid dienone is 1. The van der Waals surface area contributed by atoms with E-state index in [0.717, 1.165) is 11.1 Å². The Morgan fingerprint density at radius 1 is 1.50 bits per heavy atom. The Bertz CT molecular complexity index is 351. The smallest absolute Gasteiger partial charge is 0.344 e. The number of esters is 1. The van der Waals surface area contributed by atoms with Gasteiger partial charge in [0, 0.05) is 0 Å². The molecule has 2 rings (SSSR count). The van der Waals surface area contributed by atoms with Crippen molar-refractivity contribution < 1.29 is 9.53 Å². The van der Waals surface area contributed by atoms with Crippen LogP contribution in [0.15, 0.2) is 23.3 Å². The van der Waals surface area contributed by atoms with Crippen LogP contribution in [-0.2, 0) is 9.53 Å². The fourth-order valence-corrected chi connectivity index (χ4v) is 2.29. The first-order valence-electron chi connectivity index (χ1n) is 4.39. The number of hydrogen-bond donors (Lipinski definition) is 0. The van der Waals surface area contributed by atoms with E-state index >= 15 is 0 Å². The molecule has 2 unspecified atom stereocenters. The summed E-state index contributed by atoms with van der Waals surface area (Å²) in [4.78, 5) is 11.3. The van der Waals surface area contributed by atoms with Crippen LogP contribution in [0, 0.1) is 5.92 Å². The van der Waals surface area contributed by atoms with Crippen molar-refractivity contribution in [3.63, 3.8) is 0 Å². The number of fused-ring (bicyclic) bond motifs is 1. The standard InChI is InChI=1S/C10H10Cl2O2/c1-5(2)6-3-4-7-8(6)14-9(13)10(7,11)12/h3-4,7-8H,1-2H3. The zero-order valence-electron chi connectivity index (χ0n) is 7.88. The number of halogens is 2. The lowest BCUT2D eigenvalue weighted by molar-refractivity contribution is -0.140. The van der Waals surface area contributed by atoms with Crippen molar-refractivity contribution in [2.24, 2.45) is 5.92 Å². The zero-order valence-corrected chi connectivity index (χ0v) is 9.39. The van der Waals surface area contributed by atoms with Crippen molar-refractivity contribution in [1.29, 1.82) is 0 Å². The second kappa shape index (κ2) is 3.01. The predicted molar refractivity (Wildman–Crippen MR) is 55.3 cm³/mol. The molecule has 0 N–H and O–H groups in total. The zero-order chi connectivity index (χ0) is 10.5. The van der Waals surface area contributed by atoms with E-state index in [4.69, 9.17) is 27.9 Å². The number of alkyl halides is 2. The Balaban J connectivity index is 2.41. The molecule has 1 fully saturated rings. The van der Waals surface area contributed by atoms with E-state index in [1.54, 1.807) is 0 Å². The first-order chi connectivity index (χ1) is 6.44. The summed E-state index contributed by atoms with van der Waals surface area (Å²) < 4.78 is 3.73. The Hall–Kier alpha value is -0.470. The highest BCUT2D eigenvalue weighted by Crippen LogP contribution is 2.48. The van der Waals surface area contributed by atoms with Crippen LogP contribution in [0.25, 0.3) is 0 Å². The van der Waals surface area contributed by atoms with E-state index in [2.05, 4.69) is 0 Å². The van der Waals surface area contributed by atoms with Crippen LogP contribution < -0.4 is 0 Å². The molecule has 0 bridgehead atoms. The summed E-state index contributed by atoms with van der Waals surface area (Å²) in [6.07, 6.45) is 3.48. The van der Waals surface area contributed by atoms with Crippen LogP contribution in [0.1, 0.15) is 13.8 Å². The van der Waals surface area contributed by atoms with Crippen molar-refractivity contribution in [2.75, 3.05) is 0 Å². The van der Waals surface area contributed by atoms with E-state index in [1.807, 2.05) is 26.0 Å². The molecule has 0 saturated carbocycles. The highest BCUT2D eigenvalue weighted by Gasteiger charge is 2.57. The van der Waals surface area contributed by atoms with Gasteiger partial charge in [-0.3, -0.25) is 0 Å². The molecule has 4 heteroatoms. The fourth-order valence-electron chi connectivity index (χ4n) is 1.83. The molecule has 0 spiro atoms. The molecule has 0 aromatic rings. The average molecular weight is 233 g/mol. The summed E-state index contributed by atoms with van der Waals surface area (Å²) in [5, 5.41) is 0. The van der Waals surface area contributed by atoms with E-state index in [-0.39, 0.29) is 12.0 Å². The van der Waals surface area contributed by atoms with Gasteiger partial charge >= 0.3 is 5.97 Å². The molecule has 2 nitrogen and oxygen atoms in total. The Morgan fingerprint density at radius 2 is 2.14 bits per heavy atom. The molecular weight excluding hydrogens is 223 g/mol. The molecule has 1 aliphatic heterocycles. The van der Waals surface area contributed by atoms with E-state index < -0.39 is 10.3 Å². The molecule has 1 saturated heterocycles. The van der Waals surface area contributed by atoms with Crippen LogP contribution in [0.2, 0.25) is 0 Å². The van der Waals surface area contributed by atoms with Crippen LogP contribution in [0.3, 0.4) is 0 Å². The number of ether oxygens (including phenoxy) is 1. The van der Waals surface area contributed by atoms with Gasteiger partial charge in [-0.05, 0) is 19.4 Å². The first kappa shape index (κ1) is 10.1. The first-order valence-corrected chi connectivity index (χ1v) is 5.14. The maximum atomic E-state index is 11.3. The molecule has 0 amide bonds. The minimum absolute atomic E-state index is 0.247. The second-order valence-corrected chi connectivity index (χ2v) is 5.17. The van der Waals surface area contributed by atoms with Gasteiger partial charge in [-0.1, -0.05) is 40.9 Å². The van der Waals surface area contributed by atoms with E-state index in [9.17, 15) is 4.79 Å². The van der Waals surface area contributed by atoms with E-state index in [0.29, 0.717) is 0 Å². The number of rotatable bonds is 0. The van der Waals surface area contributed by atoms with Crippen molar-refractivity contribution in [1.82, 2.24) is 0 Å². The second-order valence-electron chi connectivity index (χ2n) is 3.79. The van der Waals surface area contributed by atoms with Gasteiger partial charge in [0.1, 0.15) is 6.10 Å². The van der Waals surface area contributed by atoms with Gasteiger partial charge in [0.25, 0.3) is 0 Å². The highest BCUT2D eigenvalue weighted by atomic mass is 35.5. The molecule has 1 heterocycles. The summed E-state index contributed by atoms with van der Waals surface area (Å²) in [5.41, 5.74) is 2.12. The van der Waals surface area contributed by atoms with Gasteiger partial charge in [0.15, 0.2) is 0 Å². The van der Waals surface area contributed by atoms with Gasteiger partial charge in [-0.15, -0.1) is 0 Å². The summed E-state index contributed by atoms with van der Waals surface area (Å²) in [6.45, 7) is 3.94. The SMILES string of the molecule is CC(C)=C1C=CC2C1OC(=O)C2(Cl)Cl. The van der Waals surface area contributed by atoms with Crippen molar-refractivity contribution in [3.8, 4) is 0 Å². The van der Waals surface area contributed by atoms with Gasteiger partial charge in [-0.25, -0.2) is 4.79 Å². The third kappa shape index (κ3) is 1.21. The quantitative estimate of drug-likeness (QED) is 0.474. The van der Waals surface area contributed by atoms with Crippen LogP contribution in [-0.4, -0.2) is 16.4 Å². The van der Waals surface area contributed by atoms with Crippen LogP contribution in [0.4, 0.5) is 0 Å². The molecule has 1 aliphatic carbocycles. The maximum Gasteiger partial charge on any atom is 0.344 e. The molecular formula is C10H10Cl2O2. The highest BCUT2D eigenvalue weighted by molar-refractivity contribution is 6.58. The lowest BCUT2D eigenvalue weighted by Crippen LogP contribution is -2.27. The number of carbonyl (C=O) groups is 1. The lowest BCUT2D eigenvalue weighted by atomic mass is 10.00. The van der Waals surface area contributed by atoms with Crippen LogP contribution >= 0.6 is 23.2 Å². The van der Waals surface area contributed by atoms with Gasteiger partial charge < -0.3 is 4.74 Å². The predicted octanol–water partition coefficient (Wildman–Crippen LogP) is 2.61. The molecule has 14 heavy (non-hydrogen) atoms. The van der Waals surface area contributed by atoms with Crippen molar-refractivity contribution >= 4 is 29.2 Å². The summed E-state index contributed by atoms with van der Waals surface area (Å²) in [7, 11) is 0. The maximum absolute atomic E-state index is 11.3. The Morgan fingerprint density at radius 3 is 2.71 bits per heavy atom. The average Bonchev–Trinajstić information content (AvgIpc) is 2.55. The van der Waals surface area contributed by atoms with Gasteiger partial charge in [0.05, 0.1) is 5.92 Å². The molecule has 0 radical (unpaired) electrons. The van der Waals surface area contributed by atoms with E-state index in [1.165, 1.54) is 0 Å². The Labute approximate surface area is 92.5 Å². The van der Waals surface area contributed by atoms with Gasteiger partial charge in [-0.2, -0.15) is 0 Å². The molecule has 76 valence electrons. The minimum Gasteiger partial charge on any atom is -0.454 e. The molecule has 2 aliphatic rings. The summed E-state index contributed by atoms with van der Waals surface area (Å²) in [5.74, 6) is -0.790. The number of hydrogen-bond acceptors (Lipinski definition) is 2. The summed E-state index contributed by atoms with van der Waals surface area (Å²) >= 11 is 11.8. The summed E-state index contributed by atoms with van der Waals surface area (Å²) in [6, 6.07) is 0. The Kier molecular flexibility index (Phi) is 2.16. The minimum atomic E-state index is -1.42. The van der Waals surface area contributed by atoms with Crippen LogP contribution in [0.5, 0.6) is 0 Å². The third-order valence-corrected chi connectivity index (χ3v) is 3.43. The van der Waals surface area contributed by atoms with Gasteiger partial charge in [0.2, 0.25) is 4.33 Å². The van der Waals surface area contributed by atoms with Crippen molar-refractivity contribution in [2.45, 2.75) is 24.3 Å². The van der Waals surface area contributed by atoms with Crippen molar-refractivity contribution in [3.05, 3.63) is 23.3 Å². The topological polar surface area (TPSA) is 26.3 Å². The fraction of sp³-hybridized carbons (Fsp3) is 0.500. The normalized spacial score (nSPS) is 33.1. The molecule has 0 aromatic carbocycles. The molecule has 0 aromatic heterocycles. The third-order valence-electron chi connectivity index (χ3n) is 2.62.